The molecule has 3 N–H and O–H groups in total. The maximum Gasteiger partial charge on any atom is 0.147 e. The minimum atomic E-state index is -0.136. The molecule has 0 aliphatic rings. The fraction of sp³-hybridized carbons (Fsp3) is 0.250. The first kappa shape index (κ1) is 15.0. The highest BCUT2D eigenvalue weighted by Crippen LogP contribution is 2.18. The van der Waals surface area contributed by atoms with E-state index in [4.69, 9.17) is 10.9 Å². The standard InChI is InChI=1S/C16H20N4O/c1-20(11-13-7-9-18-10-8-13)12-15(16(17)19-21)14-5-3-2-4-6-14/h2-10,15,21H,11-12H2,1H3,(H2,17,19). The molecule has 110 valence electrons. The number of hydrogen-bond acceptors (Lipinski definition) is 4. The van der Waals surface area contributed by atoms with Gasteiger partial charge < -0.3 is 15.8 Å². The molecule has 0 radical (unpaired) electrons. The van der Waals surface area contributed by atoms with E-state index in [2.05, 4.69) is 15.0 Å². The maximum atomic E-state index is 9.01. The van der Waals surface area contributed by atoms with E-state index >= 15 is 0 Å². The number of nitrogens with zero attached hydrogens (tertiary/aromatic N) is 3. The molecule has 0 bridgehead atoms. The SMILES string of the molecule is CN(Cc1ccncc1)CC(C(N)=NO)c1ccccc1. The minimum absolute atomic E-state index is 0.136. The third kappa shape index (κ3) is 4.29. The number of benzene rings is 1. The van der Waals surface area contributed by atoms with Crippen LogP contribution in [0.25, 0.3) is 0 Å². The van der Waals surface area contributed by atoms with E-state index in [-0.39, 0.29) is 11.8 Å². The summed E-state index contributed by atoms with van der Waals surface area (Å²) in [4.78, 5) is 6.16. The highest BCUT2D eigenvalue weighted by Gasteiger charge is 2.18. The van der Waals surface area contributed by atoms with Crippen molar-refractivity contribution in [3.8, 4) is 0 Å². The number of hydrogen-bond donors (Lipinski definition) is 2. The van der Waals surface area contributed by atoms with Gasteiger partial charge in [0.25, 0.3) is 0 Å². The van der Waals surface area contributed by atoms with Crippen LogP contribution in [0.3, 0.4) is 0 Å². The summed E-state index contributed by atoms with van der Waals surface area (Å²) in [6.07, 6.45) is 3.56. The Hall–Kier alpha value is -2.40. The van der Waals surface area contributed by atoms with Crippen molar-refractivity contribution in [1.29, 1.82) is 0 Å². The van der Waals surface area contributed by atoms with Crippen LogP contribution in [-0.4, -0.2) is 34.5 Å². The van der Waals surface area contributed by atoms with Crippen molar-refractivity contribution in [3.63, 3.8) is 0 Å². The van der Waals surface area contributed by atoms with Crippen LogP contribution >= 0.6 is 0 Å². The monoisotopic (exact) mass is 284 g/mol. The van der Waals surface area contributed by atoms with Crippen LogP contribution in [0.15, 0.2) is 60.0 Å². The van der Waals surface area contributed by atoms with Gasteiger partial charge in [-0.2, -0.15) is 0 Å². The first-order valence-corrected chi connectivity index (χ1v) is 6.80. The highest BCUT2D eigenvalue weighted by atomic mass is 16.4. The molecule has 0 spiro atoms. The van der Waals surface area contributed by atoms with Crippen molar-refractivity contribution in [2.45, 2.75) is 12.5 Å². The van der Waals surface area contributed by atoms with E-state index in [0.717, 1.165) is 12.1 Å². The van der Waals surface area contributed by atoms with Crippen molar-refractivity contribution in [2.24, 2.45) is 10.9 Å². The molecule has 1 atom stereocenters. The lowest BCUT2D eigenvalue weighted by Gasteiger charge is -2.23. The average molecular weight is 284 g/mol. The molecular weight excluding hydrogens is 264 g/mol. The second-order valence-electron chi connectivity index (χ2n) is 5.04. The zero-order valence-corrected chi connectivity index (χ0v) is 12.1. The van der Waals surface area contributed by atoms with Crippen LogP contribution in [0, 0.1) is 0 Å². The summed E-state index contributed by atoms with van der Waals surface area (Å²) in [5.41, 5.74) is 8.07. The van der Waals surface area contributed by atoms with Gasteiger partial charge in [0.05, 0.1) is 5.92 Å². The summed E-state index contributed by atoms with van der Waals surface area (Å²) < 4.78 is 0. The van der Waals surface area contributed by atoms with E-state index < -0.39 is 0 Å². The van der Waals surface area contributed by atoms with Gasteiger partial charge in [-0.05, 0) is 30.3 Å². The molecule has 1 heterocycles. The predicted molar refractivity (Wildman–Crippen MR) is 83.2 cm³/mol. The second kappa shape index (κ2) is 7.40. The van der Waals surface area contributed by atoms with Crippen LogP contribution in [0.5, 0.6) is 0 Å². The fourth-order valence-electron chi connectivity index (χ4n) is 2.30. The molecule has 21 heavy (non-hydrogen) atoms. The number of aromatic nitrogens is 1. The van der Waals surface area contributed by atoms with Gasteiger partial charge in [-0.25, -0.2) is 0 Å². The zero-order valence-electron chi connectivity index (χ0n) is 12.1. The highest BCUT2D eigenvalue weighted by molar-refractivity contribution is 5.87. The molecule has 5 heteroatoms. The fourth-order valence-corrected chi connectivity index (χ4v) is 2.30. The Morgan fingerprint density at radius 1 is 1.24 bits per heavy atom. The largest absolute Gasteiger partial charge is 0.409 e. The maximum absolute atomic E-state index is 9.01. The lowest BCUT2D eigenvalue weighted by molar-refractivity contribution is 0.302. The molecule has 5 nitrogen and oxygen atoms in total. The second-order valence-corrected chi connectivity index (χ2v) is 5.04. The zero-order chi connectivity index (χ0) is 15.1. The topological polar surface area (TPSA) is 74.7 Å². The summed E-state index contributed by atoms with van der Waals surface area (Å²) >= 11 is 0. The molecule has 2 rings (SSSR count). The number of rotatable bonds is 6. The summed E-state index contributed by atoms with van der Waals surface area (Å²) in [6.45, 7) is 1.45. The molecule has 0 amide bonds. The molecule has 0 saturated carbocycles. The number of likely N-dealkylation sites (N-methyl/N-ethyl adjacent to an activating group) is 1. The van der Waals surface area contributed by atoms with E-state index in [9.17, 15) is 0 Å². The molecule has 1 aromatic heterocycles. The van der Waals surface area contributed by atoms with Gasteiger partial charge in [0, 0.05) is 25.5 Å². The first-order chi connectivity index (χ1) is 10.2. The first-order valence-electron chi connectivity index (χ1n) is 6.80. The van der Waals surface area contributed by atoms with Crippen LogP contribution in [0.1, 0.15) is 17.0 Å². The third-order valence-electron chi connectivity index (χ3n) is 3.37. The Labute approximate surface area is 124 Å². The Morgan fingerprint density at radius 3 is 2.52 bits per heavy atom. The molecule has 0 aliphatic carbocycles. The third-order valence-corrected chi connectivity index (χ3v) is 3.37. The van der Waals surface area contributed by atoms with Crippen LogP contribution in [0.2, 0.25) is 0 Å². The van der Waals surface area contributed by atoms with Crippen molar-refractivity contribution in [2.75, 3.05) is 13.6 Å². The molecule has 0 fully saturated rings. The van der Waals surface area contributed by atoms with Crippen LogP contribution in [-0.2, 0) is 6.54 Å². The smallest absolute Gasteiger partial charge is 0.147 e. The number of amidine groups is 1. The summed E-state index contributed by atoms with van der Waals surface area (Å²) in [5.74, 6) is 0.0887. The summed E-state index contributed by atoms with van der Waals surface area (Å²) in [5, 5.41) is 12.2. The van der Waals surface area contributed by atoms with Gasteiger partial charge in [0.15, 0.2) is 0 Å². The number of oxime groups is 1. The van der Waals surface area contributed by atoms with Crippen LogP contribution in [0.4, 0.5) is 0 Å². The normalized spacial score (nSPS) is 13.3. The van der Waals surface area contributed by atoms with Crippen molar-refractivity contribution in [3.05, 3.63) is 66.0 Å². The molecule has 1 aromatic carbocycles. The van der Waals surface area contributed by atoms with E-state index in [1.165, 1.54) is 5.56 Å². The van der Waals surface area contributed by atoms with E-state index in [1.807, 2.05) is 49.5 Å². The Balaban J connectivity index is 2.09. The molecule has 1 unspecified atom stereocenters. The van der Waals surface area contributed by atoms with Crippen molar-refractivity contribution in [1.82, 2.24) is 9.88 Å². The van der Waals surface area contributed by atoms with Gasteiger partial charge in [-0.3, -0.25) is 4.98 Å². The number of pyridine rings is 1. The Morgan fingerprint density at radius 2 is 1.90 bits per heavy atom. The molecule has 2 aromatic rings. The molecule has 0 saturated heterocycles. The van der Waals surface area contributed by atoms with Crippen molar-refractivity contribution >= 4 is 5.84 Å². The van der Waals surface area contributed by atoms with Gasteiger partial charge in [0.2, 0.25) is 0 Å². The molecular formula is C16H20N4O. The lowest BCUT2D eigenvalue weighted by Crippen LogP contribution is -2.32. The summed E-state index contributed by atoms with van der Waals surface area (Å²) in [6, 6.07) is 13.8. The average Bonchev–Trinajstić information content (AvgIpc) is 2.53. The van der Waals surface area contributed by atoms with Gasteiger partial charge >= 0.3 is 0 Å². The van der Waals surface area contributed by atoms with Gasteiger partial charge in [-0.15, -0.1) is 0 Å². The van der Waals surface area contributed by atoms with E-state index in [1.54, 1.807) is 12.4 Å². The molecule has 0 aliphatic heterocycles. The Bertz CT molecular complexity index is 571. The predicted octanol–water partition coefficient (Wildman–Crippen LogP) is 2.04. The summed E-state index contributed by atoms with van der Waals surface area (Å²) in [7, 11) is 2.01. The van der Waals surface area contributed by atoms with E-state index in [0.29, 0.717) is 6.54 Å². The van der Waals surface area contributed by atoms with Gasteiger partial charge in [-0.1, -0.05) is 35.5 Å². The van der Waals surface area contributed by atoms with Crippen LogP contribution < -0.4 is 5.73 Å². The van der Waals surface area contributed by atoms with Gasteiger partial charge in [0.1, 0.15) is 5.84 Å². The lowest BCUT2D eigenvalue weighted by atomic mass is 9.97. The Kier molecular flexibility index (Phi) is 5.29. The minimum Gasteiger partial charge on any atom is -0.409 e. The van der Waals surface area contributed by atoms with Crippen molar-refractivity contribution < 1.29 is 5.21 Å². The quantitative estimate of drug-likeness (QED) is 0.368. The number of nitrogens with two attached hydrogens (primary N) is 1.